The van der Waals surface area contributed by atoms with Gasteiger partial charge in [0, 0.05) is 11.6 Å². The molecule has 1 aliphatic rings. The molecule has 128 valence electrons. The Balaban J connectivity index is 1.80. The van der Waals surface area contributed by atoms with Crippen molar-refractivity contribution in [2.45, 2.75) is 6.92 Å². The maximum atomic E-state index is 12.3. The molecule has 2 N–H and O–H groups in total. The van der Waals surface area contributed by atoms with Crippen LogP contribution in [0.15, 0.2) is 30.5 Å². The summed E-state index contributed by atoms with van der Waals surface area (Å²) in [6, 6.07) is 7.83. The lowest BCUT2D eigenvalue weighted by Crippen LogP contribution is -3.14. The summed E-state index contributed by atoms with van der Waals surface area (Å²) in [5.74, 6) is -0.336. The third-order valence-corrected chi connectivity index (χ3v) is 4.25. The monoisotopic (exact) mass is 330 g/mol. The maximum Gasteiger partial charge on any atom is 0.341 e. The van der Waals surface area contributed by atoms with Crippen molar-refractivity contribution in [1.29, 1.82) is 0 Å². The quantitative estimate of drug-likeness (QED) is 0.765. The molecule has 0 amide bonds. The average Bonchev–Trinajstić information content (AvgIpc) is 2.63. The van der Waals surface area contributed by atoms with Gasteiger partial charge in [-0.25, -0.2) is 4.79 Å². The number of quaternary nitrogens is 1. The van der Waals surface area contributed by atoms with Gasteiger partial charge in [0.25, 0.3) is 0 Å². The largest absolute Gasteiger partial charge is 0.462 e. The number of para-hydroxylation sites is 1. The van der Waals surface area contributed by atoms with Crippen LogP contribution in [0.2, 0.25) is 0 Å². The Labute approximate surface area is 141 Å². The van der Waals surface area contributed by atoms with E-state index in [9.17, 15) is 4.79 Å². The van der Waals surface area contributed by atoms with Crippen molar-refractivity contribution in [3.8, 4) is 0 Å². The van der Waals surface area contributed by atoms with E-state index in [-0.39, 0.29) is 5.97 Å². The summed E-state index contributed by atoms with van der Waals surface area (Å²) in [5.41, 5.74) is 2.17. The fourth-order valence-corrected chi connectivity index (χ4v) is 2.97. The topological polar surface area (TPSA) is 64.9 Å². The highest BCUT2D eigenvalue weighted by Gasteiger charge is 2.18. The summed E-state index contributed by atoms with van der Waals surface area (Å²) in [6.45, 7) is 7.64. The first kappa shape index (κ1) is 16.7. The molecule has 2 heterocycles. The second-order valence-corrected chi connectivity index (χ2v) is 5.82. The molecule has 3 rings (SSSR count). The lowest BCUT2D eigenvalue weighted by atomic mass is 10.1. The second-order valence-electron chi connectivity index (χ2n) is 5.82. The smallest absolute Gasteiger partial charge is 0.341 e. The molecular formula is C18H24N3O3+. The number of esters is 1. The highest BCUT2D eigenvalue weighted by atomic mass is 16.5. The molecule has 0 radical (unpaired) electrons. The molecule has 2 aromatic rings. The summed E-state index contributed by atoms with van der Waals surface area (Å²) in [6.07, 6.45) is 1.60. The molecule has 0 atom stereocenters. The van der Waals surface area contributed by atoms with Crippen molar-refractivity contribution in [2.24, 2.45) is 0 Å². The van der Waals surface area contributed by atoms with Crippen LogP contribution in [0.25, 0.3) is 10.9 Å². The highest BCUT2D eigenvalue weighted by molar-refractivity contribution is 6.04. The Bertz CT molecular complexity index is 699. The zero-order chi connectivity index (χ0) is 16.8. The minimum absolute atomic E-state index is 0.336. The number of nitrogens with zero attached hydrogens (tertiary/aromatic N) is 1. The normalized spacial score (nSPS) is 15.4. The Morgan fingerprint density at radius 1 is 1.33 bits per heavy atom. The summed E-state index contributed by atoms with van der Waals surface area (Å²) < 4.78 is 10.6. The summed E-state index contributed by atoms with van der Waals surface area (Å²) in [7, 11) is 0. The highest BCUT2D eigenvalue weighted by Crippen LogP contribution is 2.26. The van der Waals surface area contributed by atoms with Gasteiger partial charge in [0.2, 0.25) is 0 Å². The Kier molecular flexibility index (Phi) is 5.61. The Hall–Kier alpha value is -2.18. The van der Waals surface area contributed by atoms with Crippen LogP contribution in [0.5, 0.6) is 0 Å². The van der Waals surface area contributed by atoms with E-state index in [4.69, 9.17) is 9.47 Å². The Morgan fingerprint density at radius 3 is 2.92 bits per heavy atom. The van der Waals surface area contributed by atoms with Gasteiger partial charge in [0.15, 0.2) is 0 Å². The van der Waals surface area contributed by atoms with Gasteiger partial charge in [-0.3, -0.25) is 4.98 Å². The number of pyridine rings is 1. The first-order valence-electron chi connectivity index (χ1n) is 8.49. The second kappa shape index (κ2) is 8.08. The number of morpholine rings is 1. The van der Waals surface area contributed by atoms with Crippen LogP contribution in [-0.4, -0.2) is 57.0 Å². The Morgan fingerprint density at radius 2 is 2.12 bits per heavy atom. The number of anilines is 1. The first-order valence-corrected chi connectivity index (χ1v) is 8.49. The van der Waals surface area contributed by atoms with E-state index in [1.807, 2.05) is 24.3 Å². The molecule has 1 aromatic carbocycles. The summed E-state index contributed by atoms with van der Waals surface area (Å²) >= 11 is 0. The maximum absolute atomic E-state index is 12.3. The van der Waals surface area contributed by atoms with Gasteiger partial charge in [-0.2, -0.15) is 0 Å². The summed E-state index contributed by atoms with van der Waals surface area (Å²) in [4.78, 5) is 18.1. The predicted molar refractivity (Wildman–Crippen MR) is 92.6 cm³/mol. The molecule has 0 saturated carbocycles. The number of hydrogen-bond donors (Lipinski definition) is 2. The average molecular weight is 330 g/mol. The molecule has 6 nitrogen and oxygen atoms in total. The zero-order valence-corrected chi connectivity index (χ0v) is 14.0. The number of hydrogen-bond acceptors (Lipinski definition) is 5. The van der Waals surface area contributed by atoms with Crippen molar-refractivity contribution >= 4 is 22.6 Å². The lowest BCUT2D eigenvalue weighted by molar-refractivity contribution is -0.906. The molecule has 0 aliphatic carbocycles. The van der Waals surface area contributed by atoms with Crippen LogP contribution in [0.3, 0.4) is 0 Å². The van der Waals surface area contributed by atoms with Gasteiger partial charge in [-0.15, -0.1) is 0 Å². The number of carbonyl (C=O) groups is 1. The number of ether oxygens (including phenoxy) is 2. The third kappa shape index (κ3) is 3.83. The van der Waals surface area contributed by atoms with Gasteiger partial charge in [-0.1, -0.05) is 18.2 Å². The van der Waals surface area contributed by atoms with Crippen LogP contribution in [-0.2, 0) is 9.47 Å². The number of nitrogens with one attached hydrogen (secondary N) is 2. The van der Waals surface area contributed by atoms with E-state index in [2.05, 4.69) is 10.3 Å². The molecular weight excluding hydrogens is 306 g/mol. The molecule has 6 heteroatoms. The summed E-state index contributed by atoms with van der Waals surface area (Å²) in [5, 5.41) is 4.38. The molecule has 0 spiro atoms. The van der Waals surface area contributed by atoms with Gasteiger partial charge < -0.3 is 19.7 Å². The standard InChI is InChI=1S/C18H23N3O3/c1-2-24-18(22)15-13-20-16-6-4-3-5-14(16)17(15)19-7-8-21-9-11-23-12-10-21/h3-6,13H,2,7-12H2,1H3,(H,19,20)/p+1. The van der Waals surface area contributed by atoms with Gasteiger partial charge >= 0.3 is 5.97 Å². The fraction of sp³-hybridized carbons (Fsp3) is 0.444. The van der Waals surface area contributed by atoms with Crippen molar-refractivity contribution in [3.63, 3.8) is 0 Å². The van der Waals surface area contributed by atoms with E-state index in [1.54, 1.807) is 13.1 Å². The van der Waals surface area contributed by atoms with Crippen molar-refractivity contribution in [2.75, 3.05) is 51.3 Å². The number of benzene rings is 1. The van der Waals surface area contributed by atoms with E-state index in [1.165, 1.54) is 4.90 Å². The van der Waals surface area contributed by atoms with Crippen LogP contribution in [0.4, 0.5) is 5.69 Å². The number of rotatable bonds is 6. The van der Waals surface area contributed by atoms with Crippen LogP contribution in [0.1, 0.15) is 17.3 Å². The van der Waals surface area contributed by atoms with Crippen molar-refractivity contribution < 1.29 is 19.2 Å². The van der Waals surface area contributed by atoms with Crippen molar-refractivity contribution in [1.82, 2.24) is 4.98 Å². The fourth-order valence-electron chi connectivity index (χ4n) is 2.97. The third-order valence-electron chi connectivity index (χ3n) is 4.25. The van der Waals surface area contributed by atoms with Crippen molar-refractivity contribution in [3.05, 3.63) is 36.0 Å². The predicted octanol–water partition coefficient (Wildman–Crippen LogP) is 0.739. The number of carbonyl (C=O) groups excluding carboxylic acids is 1. The zero-order valence-electron chi connectivity index (χ0n) is 14.0. The van der Waals surface area contributed by atoms with E-state index >= 15 is 0 Å². The minimum atomic E-state index is -0.336. The molecule has 1 fully saturated rings. The van der Waals surface area contributed by atoms with E-state index in [0.717, 1.165) is 56.0 Å². The first-order chi connectivity index (χ1) is 11.8. The molecule has 0 unspecified atom stereocenters. The lowest BCUT2D eigenvalue weighted by Gasteiger charge is -2.24. The molecule has 1 aliphatic heterocycles. The van der Waals surface area contributed by atoms with Crippen LogP contribution in [0, 0.1) is 0 Å². The van der Waals surface area contributed by atoms with Gasteiger partial charge in [0.1, 0.15) is 18.7 Å². The number of fused-ring (bicyclic) bond motifs is 1. The molecule has 1 saturated heterocycles. The SMILES string of the molecule is CCOC(=O)c1cnc2ccccc2c1NCC[NH+]1CCOCC1. The van der Waals surface area contributed by atoms with E-state index < -0.39 is 0 Å². The van der Waals surface area contributed by atoms with Gasteiger partial charge in [-0.05, 0) is 13.0 Å². The minimum Gasteiger partial charge on any atom is -0.462 e. The van der Waals surface area contributed by atoms with E-state index in [0.29, 0.717) is 12.2 Å². The molecule has 0 bridgehead atoms. The van der Waals surface area contributed by atoms with Crippen LogP contribution >= 0.6 is 0 Å². The molecule has 1 aromatic heterocycles. The number of aromatic nitrogens is 1. The van der Waals surface area contributed by atoms with Gasteiger partial charge in [0.05, 0.1) is 44.1 Å². The van der Waals surface area contributed by atoms with Crippen LogP contribution < -0.4 is 10.2 Å². The molecule has 24 heavy (non-hydrogen) atoms.